The van der Waals surface area contributed by atoms with E-state index in [1.54, 1.807) is 12.1 Å². The quantitative estimate of drug-likeness (QED) is 0.753. The van der Waals surface area contributed by atoms with Crippen LogP contribution in [0.1, 0.15) is 16.7 Å². The fraction of sp³-hybridized carbons (Fsp3) is 0.143. The van der Waals surface area contributed by atoms with Crippen LogP contribution in [0.5, 0.6) is 5.75 Å². The van der Waals surface area contributed by atoms with E-state index in [0.29, 0.717) is 5.75 Å². The van der Waals surface area contributed by atoms with Crippen LogP contribution in [0, 0.1) is 6.92 Å². The van der Waals surface area contributed by atoms with E-state index in [1.807, 2.05) is 31.2 Å². The van der Waals surface area contributed by atoms with Crippen molar-refractivity contribution in [2.45, 2.75) is 13.3 Å². The number of anilines is 1. The SMILES string of the molecule is Cc1ccc(Cc2cccc(O)c2)c(N)c1. The lowest BCUT2D eigenvalue weighted by atomic mass is 10.0. The molecular formula is C14H15NO. The average molecular weight is 213 g/mol. The standard InChI is InChI=1S/C14H15NO/c1-10-5-6-12(14(15)7-10)8-11-3-2-4-13(16)9-11/h2-7,9,16H,8,15H2,1H3. The van der Waals surface area contributed by atoms with E-state index in [2.05, 4.69) is 6.07 Å². The van der Waals surface area contributed by atoms with Crippen molar-refractivity contribution < 1.29 is 5.11 Å². The molecule has 0 heterocycles. The number of hydrogen-bond donors (Lipinski definition) is 2. The van der Waals surface area contributed by atoms with E-state index in [9.17, 15) is 5.11 Å². The molecule has 2 aromatic rings. The smallest absolute Gasteiger partial charge is 0.115 e. The molecule has 0 atom stereocenters. The van der Waals surface area contributed by atoms with Crippen molar-refractivity contribution in [3.8, 4) is 5.75 Å². The summed E-state index contributed by atoms with van der Waals surface area (Å²) in [5.41, 5.74) is 10.1. The lowest BCUT2D eigenvalue weighted by molar-refractivity contribution is 0.474. The van der Waals surface area contributed by atoms with Crippen molar-refractivity contribution in [3.63, 3.8) is 0 Å². The van der Waals surface area contributed by atoms with Crippen molar-refractivity contribution in [1.82, 2.24) is 0 Å². The minimum absolute atomic E-state index is 0.295. The molecule has 2 heteroatoms. The Labute approximate surface area is 95.4 Å². The van der Waals surface area contributed by atoms with Gasteiger partial charge in [-0.25, -0.2) is 0 Å². The van der Waals surface area contributed by atoms with E-state index in [4.69, 9.17) is 5.73 Å². The van der Waals surface area contributed by atoms with Crippen LogP contribution in [0.4, 0.5) is 5.69 Å². The molecule has 0 aliphatic rings. The average Bonchev–Trinajstić information content (AvgIpc) is 2.22. The molecule has 0 amide bonds. The summed E-state index contributed by atoms with van der Waals surface area (Å²) < 4.78 is 0. The zero-order valence-corrected chi connectivity index (χ0v) is 9.27. The third kappa shape index (κ3) is 2.34. The Morgan fingerprint density at radius 1 is 1.12 bits per heavy atom. The van der Waals surface area contributed by atoms with Gasteiger partial charge in [-0.15, -0.1) is 0 Å². The topological polar surface area (TPSA) is 46.2 Å². The molecule has 2 nitrogen and oxygen atoms in total. The number of nitrogen functional groups attached to an aromatic ring is 1. The first-order valence-corrected chi connectivity index (χ1v) is 5.28. The molecule has 0 saturated heterocycles. The number of rotatable bonds is 2. The molecule has 3 N–H and O–H groups in total. The van der Waals surface area contributed by atoms with Gasteiger partial charge in [0.05, 0.1) is 0 Å². The minimum Gasteiger partial charge on any atom is -0.508 e. The Morgan fingerprint density at radius 2 is 1.94 bits per heavy atom. The number of benzene rings is 2. The van der Waals surface area contributed by atoms with Crippen LogP contribution in [0.25, 0.3) is 0 Å². The van der Waals surface area contributed by atoms with E-state index >= 15 is 0 Å². The normalized spacial score (nSPS) is 10.3. The third-order valence-electron chi connectivity index (χ3n) is 2.61. The molecule has 0 radical (unpaired) electrons. The summed E-state index contributed by atoms with van der Waals surface area (Å²) in [6, 6.07) is 13.3. The van der Waals surface area contributed by atoms with Crippen LogP contribution in [0.2, 0.25) is 0 Å². The molecule has 0 unspecified atom stereocenters. The molecule has 2 aromatic carbocycles. The van der Waals surface area contributed by atoms with E-state index in [-0.39, 0.29) is 0 Å². The van der Waals surface area contributed by atoms with Crippen LogP contribution < -0.4 is 5.73 Å². The zero-order valence-electron chi connectivity index (χ0n) is 9.27. The van der Waals surface area contributed by atoms with Gasteiger partial charge in [0.2, 0.25) is 0 Å². The highest BCUT2D eigenvalue weighted by molar-refractivity contribution is 5.51. The van der Waals surface area contributed by atoms with Gasteiger partial charge in [-0.1, -0.05) is 24.3 Å². The third-order valence-corrected chi connectivity index (χ3v) is 2.61. The molecule has 0 bridgehead atoms. The Bertz CT molecular complexity index is 506. The van der Waals surface area contributed by atoms with Crippen LogP contribution in [0.15, 0.2) is 42.5 Å². The molecular weight excluding hydrogens is 198 g/mol. The number of phenols is 1. The van der Waals surface area contributed by atoms with Gasteiger partial charge in [-0.05, 0) is 48.2 Å². The number of aromatic hydroxyl groups is 1. The molecule has 0 aliphatic heterocycles. The molecule has 0 saturated carbocycles. The summed E-state index contributed by atoms with van der Waals surface area (Å²) >= 11 is 0. The lowest BCUT2D eigenvalue weighted by Crippen LogP contribution is -1.96. The summed E-state index contributed by atoms with van der Waals surface area (Å²) in [5.74, 6) is 0.295. The fourth-order valence-corrected chi connectivity index (χ4v) is 1.76. The summed E-state index contributed by atoms with van der Waals surface area (Å²) in [4.78, 5) is 0. The van der Waals surface area contributed by atoms with Gasteiger partial charge in [-0.3, -0.25) is 0 Å². The molecule has 0 aliphatic carbocycles. The highest BCUT2D eigenvalue weighted by atomic mass is 16.3. The van der Waals surface area contributed by atoms with Crippen molar-refractivity contribution in [2.75, 3.05) is 5.73 Å². The highest BCUT2D eigenvalue weighted by Gasteiger charge is 2.01. The van der Waals surface area contributed by atoms with E-state index in [0.717, 1.165) is 28.8 Å². The second-order valence-corrected chi connectivity index (χ2v) is 4.05. The second-order valence-electron chi connectivity index (χ2n) is 4.05. The minimum atomic E-state index is 0.295. The van der Waals surface area contributed by atoms with Gasteiger partial charge in [0.25, 0.3) is 0 Å². The first-order valence-electron chi connectivity index (χ1n) is 5.28. The molecule has 2 rings (SSSR count). The maximum atomic E-state index is 9.37. The van der Waals surface area contributed by atoms with Gasteiger partial charge >= 0.3 is 0 Å². The molecule has 16 heavy (non-hydrogen) atoms. The van der Waals surface area contributed by atoms with Crippen LogP contribution in [-0.2, 0) is 6.42 Å². The monoisotopic (exact) mass is 213 g/mol. The van der Waals surface area contributed by atoms with Gasteiger partial charge in [0.15, 0.2) is 0 Å². The first-order chi connectivity index (χ1) is 7.65. The summed E-state index contributed by atoms with van der Waals surface area (Å²) in [6.45, 7) is 2.02. The van der Waals surface area contributed by atoms with E-state index in [1.165, 1.54) is 0 Å². The fourth-order valence-electron chi connectivity index (χ4n) is 1.76. The summed E-state index contributed by atoms with van der Waals surface area (Å²) in [6.07, 6.45) is 0.751. The maximum absolute atomic E-state index is 9.37. The van der Waals surface area contributed by atoms with Gasteiger partial charge < -0.3 is 10.8 Å². The van der Waals surface area contributed by atoms with Crippen LogP contribution in [0.3, 0.4) is 0 Å². The lowest BCUT2D eigenvalue weighted by Gasteiger charge is -2.07. The van der Waals surface area contributed by atoms with Crippen LogP contribution >= 0.6 is 0 Å². The Kier molecular flexibility index (Phi) is 2.82. The summed E-state index contributed by atoms with van der Waals surface area (Å²) in [5, 5.41) is 9.37. The highest BCUT2D eigenvalue weighted by Crippen LogP contribution is 2.20. The molecule has 0 spiro atoms. The molecule has 0 aromatic heterocycles. The first kappa shape index (κ1) is 10.6. The largest absolute Gasteiger partial charge is 0.508 e. The summed E-state index contributed by atoms with van der Waals surface area (Å²) in [7, 11) is 0. The second kappa shape index (κ2) is 4.27. The Morgan fingerprint density at radius 3 is 2.62 bits per heavy atom. The number of hydrogen-bond acceptors (Lipinski definition) is 2. The maximum Gasteiger partial charge on any atom is 0.115 e. The predicted octanol–water partition coefficient (Wildman–Crippen LogP) is 2.87. The zero-order chi connectivity index (χ0) is 11.5. The van der Waals surface area contributed by atoms with Gasteiger partial charge in [0.1, 0.15) is 5.75 Å². The molecule has 82 valence electrons. The Hall–Kier alpha value is -1.96. The van der Waals surface area contributed by atoms with Gasteiger partial charge in [-0.2, -0.15) is 0 Å². The van der Waals surface area contributed by atoms with Gasteiger partial charge in [0, 0.05) is 5.69 Å². The van der Waals surface area contributed by atoms with Crippen molar-refractivity contribution >= 4 is 5.69 Å². The van der Waals surface area contributed by atoms with Crippen molar-refractivity contribution in [1.29, 1.82) is 0 Å². The predicted molar refractivity (Wildman–Crippen MR) is 66.5 cm³/mol. The van der Waals surface area contributed by atoms with Crippen molar-refractivity contribution in [2.24, 2.45) is 0 Å². The van der Waals surface area contributed by atoms with E-state index < -0.39 is 0 Å². The number of aryl methyl sites for hydroxylation is 1. The molecule has 0 fully saturated rings. The number of phenolic OH excluding ortho intramolecular Hbond substituents is 1. The van der Waals surface area contributed by atoms with Crippen molar-refractivity contribution in [3.05, 3.63) is 59.2 Å². The van der Waals surface area contributed by atoms with Crippen LogP contribution in [-0.4, -0.2) is 5.11 Å². The Balaban J connectivity index is 2.27. The number of nitrogens with two attached hydrogens (primary N) is 1.